The summed E-state index contributed by atoms with van der Waals surface area (Å²) >= 11 is 0. The number of halogens is 1. The van der Waals surface area contributed by atoms with E-state index in [4.69, 9.17) is 5.26 Å². The molecule has 4 nitrogen and oxygen atoms in total. The quantitative estimate of drug-likeness (QED) is 0.853. The first-order chi connectivity index (χ1) is 8.70. The van der Waals surface area contributed by atoms with E-state index in [1.807, 2.05) is 0 Å². The van der Waals surface area contributed by atoms with E-state index in [0.29, 0.717) is 12.3 Å². The van der Waals surface area contributed by atoms with Crippen LogP contribution in [0.15, 0.2) is 18.2 Å². The number of nitriles is 1. The predicted molar refractivity (Wildman–Crippen MR) is 65.3 cm³/mol. The van der Waals surface area contributed by atoms with Gasteiger partial charge in [0, 0.05) is 6.42 Å². The molecule has 94 valence electrons. The molecular weight excluding hydrogens is 233 g/mol. The zero-order valence-electron chi connectivity index (χ0n) is 9.87. The van der Waals surface area contributed by atoms with Gasteiger partial charge in [-0.1, -0.05) is 6.07 Å². The van der Waals surface area contributed by atoms with Crippen molar-refractivity contribution in [3.05, 3.63) is 29.6 Å². The maximum absolute atomic E-state index is 13.3. The molecule has 1 fully saturated rings. The zero-order chi connectivity index (χ0) is 13.0. The summed E-state index contributed by atoms with van der Waals surface area (Å²) in [6.45, 7) is 1.77. The van der Waals surface area contributed by atoms with Gasteiger partial charge in [0.25, 0.3) is 0 Å². The Morgan fingerprint density at radius 3 is 3.11 bits per heavy atom. The topological polar surface area (TPSA) is 64.9 Å². The van der Waals surface area contributed by atoms with Crippen molar-refractivity contribution in [2.45, 2.75) is 12.8 Å². The highest BCUT2D eigenvalue weighted by Gasteiger charge is 2.19. The molecular formula is C13H14FN3O. The van der Waals surface area contributed by atoms with Crippen LogP contribution in [0.25, 0.3) is 0 Å². The third-order valence-corrected chi connectivity index (χ3v) is 3.04. The van der Waals surface area contributed by atoms with E-state index in [1.165, 1.54) is 18.2 Å². The zero-order valence-corrected chi connectivity index (χ0v) is 9.87. The lowest BCUT2D eigenvalue weighted by Gasteiger charge is -2.10. The van der Waals surface area contributed by atoms with E-state index in [-0.39, 0.29) is 17.2 Å². The Bertz CT molecular complexity index is 489. The van der Waals surface area contributed by atoms with Gasteiger partial charge in [0.1, 0.15) is 17.4 Å². The van der Waals surface area contributed by atoms with E-state index >= 15 is 0 Å². The molecule has 0 spiro atoms. The van der Waals surface area contributed by atoms with Crippen molar-refractivity contribution in [2.24, 2.45) is 5.92 Å². The summed E-state index contributed by atoms with van der Waals surface area (Å²) < 4.78 is 13.3. The average Bonchev–Trinajstić information content (AvgIpc) is 2.82. The van der Waals surface area contributed by atoms with Crippen LogP contribution >= 0.6 is 0 Å². The van der Waals surface area contributed by atoms with Crippen LogP contribution in [-0.2, 0) is 4.79 Å². The minimum Gasteiger partial charge on any atom is -0.325 e. The van der Waals surface area contributed by atoms with Crippen LogP contribution in [0, 0.1) is 23.1 Å². The molecule has 1 saturated heterocycles. The molecule has 18 heavy (non-hydrogen) atoms. The third kappa shape index (κ3) is 2.84. The van der Waals surface area contributed by atoms with Crippen molar-refractivity contribution in [3.63, 3.8) is 0 Å². The molecule has 2 N–H and O–H groups in total. The van der Waals surface area contributed by atoms with Gasteiger partial charge in [-0.05, 0) is 37.6 Å². The standard InChI is InChI=1S/C13H14FN3O/c14-11-2-1-3-12(10(11)7-15)17-13(18)6-9-4-5-16-8-9/h1-3,9,16H,4-6,8H2,(H,17,18). The summed E-state index contributed by atoms with van der Waals surface area (Å²) in [5, 5.41) is 14.6. The van der Waals surface area contributed by atoms with E-state index in [2.05, 4.69) is 10.6 Å². The lowest BCUT2D eigenvalue weighted by Crippen LogP contribution is -2.19. The Hall–Kier alpha value is -1.93. The molecule has 0 saturated carbocycles. The second-order valence-electron chi connectivity index (χ2n) is 4.39. The molecule has 1 heterocycles. The van der Waals surface area contributed by atoms with Gasteiger partial charge < -0.3 is 10.6 Å². The van der Waals surface area contributed by atoms with E-state index in [0.717, 1.165) is 19.5 Å². The van der Waals surface area contributed by atoms with Crippen LogP contribution in [0.3, 0.4) is 0 Å². The number of carbonyl (C=O) groups is 1. The number of amides is 1. The molecule has 1 aliphatic heterocycles. The normalized spacial score (nSPS) is 18.3. The number of rotatable bonds is 3. The molecule has 5 heteroatoms. The SMILES string of the molecule is N#Cc1c(F)cccc1NC(=O)CC1CCNC1. The lowest BCUT2D eigenvalue weighted by molar-refractivity contribution is -0.116. The number of carbonyl (C=O) groups excluding carboxylic acids is 1. The van der Waals surface area contributed by atoms with Crippen LogP contribution in [-0.4, -0.2) is 19.0 Å². The summed E-state index contributed by atoms with van der Waals surface area (Å²) in [5.74, 6) is -0.465. The van der Waals surface area contributed by atoms with Gasteiger partial charge in [0.15, 0.2) is 0 Å². The van der Waals surface area contributed by atoms with Crippen molar-refractivity contribution in [1.82, 2.24) is 5.32 Å². The number of hydrogen-bond donors (Lipinski definition) is 2. The molecule has 0 aliphatic carbocycles. The van der Waals surface area contributed by atoms with Crippen LogP contribution in [0.1, 0.15) is 18.4 Å². The molecule has 1 atom stereocenters. The van der Waals surface area contributed by atoms with Gasteiger partial charge in [-0.2, -0.15) is 5.26 Å². The number of hydrogen-bond acceptors (Lipinski definition) is 3. The van der Waals surface area contributed by atoms with Gasteiger partial charge in [0.2, 0.25) is 5.91 Å². The van der Waals surface area contributed by atoms with E-state index in [9.17, 15) is 9.18 Å². The molecule has 0 aromatic heterocycles. The van der Waals surface area contributed by atoms with E-state index in [1.54, 1.807) is 6.07 Å². The molecule has 1 unspecified atom stereocenters. The highest BCUT2D eigenvalue weighted by Crippen LogP contribution is 2.19. The number of nitrogens with zero attached hydrogens (tertiary/aromatic N) is 1. The Morgan fingerprint density at radius 1 is 1.61 bits per heavy atom. The Kier molecular flexibility index (Phi) is 3.90. The smallest absolute Gasteiger partial charge is 0.224 e. The third-order valence-electron chi connectivity index (χ3n) is 3.04. The predicted octanol–water partition coefficient (Wildman–Crippen LogP) is 1.64. The number of benzene rings is 1. The molecule has 0 radical (unpaired) electrons. The van der Waals surface area contributed by atoms with Gasteiger partial charge in [-0.25, -0.2) is 4.39 Å². The van der Waals surface area contributed by atoms with Crippen molar-refractivity contribution in [1.29, 1.82) is 5.26 Å². The second kappa shape index (κ2) is 5.61. The highest BCUT2D eigenvalue weighted by atomic mass is 19.1. The molecule has 1 amide bonds. The first-order valence-corrected chi connectivity index (χ1v) is 5.90. The van der Waals surface area contributed by atoms with Crippen LogP contribution in [0.4, 0.5) is 10.1 Å². The molecule has 0 bridgehead atoms. The Balaban J connectivity index is 2.02. The van der Waals surface area contributed by atoms with Crippen LogP contribution < -0.4 is 10.6 Å². The first-order valence-electron chi connectivity index (χ1n) is 5.90. The van der Waals surface area contributed by atoms with Crippen molar-refractivity contribution in [3.8, 4) is 6.07 Å². The Labute approximate surface area is 105 Å². The largest absolute Gasteiger partial charge is 0.325 e. The maximum atomic E-state index is 13.3. The molecule has 1 aromatic rings. The number of anilines is 1. The van der Waals surface area contributed by atoms with Gasteiger partial charge in [-0.3, -0.25) is 4.79 Å². The molecule has 1 aliphatic rings. The van der Waals surface area contributed by atoms with Gasteiger partial charge >= 0.3 is 0 Å². The summed E-state index contributed by atoms with van der Waals surface area (Å²) in [6, 6.07) is 5.97. The van der Waals surface area contributed by atoms with Crippen molar-refractivity contribution >= 4 is 11.6 Å². The fraction of sp³-hybridized carbons (Fsp3) is 0.385. The molecule has 1 aromatic carbocycles. The van der Waals surface area contributed by atoms with E-state index < -0.39 is 5.82 Å². The summed E-state index contributed by atoms with van der Waals surface area (Å²) in [6.07, 6.45) is 1.37. The Morgan fingerprint density at radius 2 is 2.44 bits per heavy atom. The first kappa shape index (κ1) is 12.5. The maximum Gasteiger partial charge on any atom is 0.224 e. The average molecular weight is 247 g/mol. The van der Waals surface area contributed by atoms with Crippen molar-refractivity contribution in [2.75, 3.05) is 18.4 Å². The summed E-state index contributed by atoms with van der Waals surface area (Å²) in [4.78, 5) is 11.8. The van der Waals surface area contributed by atoms with Crippen LogP contribution in [0.5, 0.6) is 0 Å². The second-order valence-corrected chi connectivity index (χ2v) is 4.39. The summed E-state index contributed by atoms with van der Waals surface area (Å²) in [5.41, 5.74) is 0.129. The fourth-order valence-corrected chi connectivity index (χ4v) is 2.09. The molecule has 2 rings (SSSR count). The minimum atomic E-state index is -0.613. The van der Waals surface area contributed by atoms with Gasteiger partial charge in [-0.15, -0.1) is 0 Å². The minimum absolute atomic E-state index is 0.115. The highest BCUT2D eigenvalue weighted by molar-refractivity contribution is 5.92. The summed E-state index contributed by atoms with van der Waals surface area (Å²) in [7, 11) is 0. The van der Waals surface area contributed by atoms with Crippen LogP contribution in [0.2, 0.25) is 0 Å². The van der Waals surface area contributed by atoms with Crippen molar-refractivity contribution < 1.29 is 9.18 Å². The monoisotopic (exact) mass is 247 g/mol. The lowest BCUT2D eigenvalue weighted by atomic mass is 10.0. The van der Waals surface area contributed by atoms with Gasteiger partial charge in [0.05, 0.1) is 5.69 Å². The fourth-order valence-electron chi connectivity index (χ4n) is 2.09. The number of nitrogens with one attached hydrogen (secondary N) is 2.